The van der Waals surface area contributed by atoms with Crippen LogP contribution in [0.4, 0.5) is 0 Å². The molecule has 4 nitrogen and oxygen atoms in total. The van der Waals surface area contributed by atoms with Crippen LogP contribution in [0, 0.1) is 0 Å². The maximum absolute atomic E-state index is 12.0. The number of aromatic nitrogens is 2. The molecule has 0 saturated heterocycles. The van der Waals surface area contributed by atoms with Gasteiger partial charge in [-0.05, 0) is 30.7 Å². The summed E-state index contributed by atoms with van der Waals surface area (Å²) in [6, 6.07) is 8.45. The third-order valence-electron chi connectivity index (χ3n) is 5.53. The van der Waals surface area contributed by atoms with Gasteiger partial charge in [-0.1, -0.05) is 90.0 Å². The lowest BCUT2D eigenvalue weighted by Gasteiger charge is -2.19. The number of hydrogen-bond acceptors (Lipinski definition) is 4. The van der Waals surface area contributed by atoms with Crippen LogP contribution in [-0.4, -0.2) is 15.9 Å². The SMILES string of the molecule is CCCCCCCC(=O)Oc1cnc(-c2ccccc2C(CCC)CCCC)nc1. The Hall–Kier alpha value is -2.23. The second kappa shape index (κ2) is 13.9. The standard InChI is InChI=1S/C26H38N2O2/c1-4-7-9-10-11-18-25(29)30-22-19-27-26(28-20-22)24-17-13-12-16-23(24)21(14-6-3)15-8-5-2/h12-13,16-17,19-21H,4-11,14-15,18H2,1-3H3. The molecule has 4 heteroatoms. The van der Waals surface area contributed by atoms with Crippen molar-refractivity contribution in [3.63, 3.8) is 0 Å². The van der Waals surface area contributed by atoms with Gasteiger partial charge in [0, 0.05) is 12.0 Å². The number of ether oxygens (including phenoxy) is 1. The number of benzene rings is 1. The average Bonchev–Trinajstić information content (AvgIpc) is 2.77. The lowest BCUT2D eigenvalue weighted by atomic mass is 9.86. The van der Waals surface area contributed by atoms with Gasteiger partial charge >= 0.3 is 5.97 Å². The highest BCUT2D eigenvalue weighted by Gasteiger charge is 2.17. The summed E-state index contributed by atoms with van der Waals surface area (Å²) in [6.45, 7) is 6.67. The fraction of sp³-hybridized carbons (Fsp3) is 0.577. The van der Waals surface area contributed by atoms with E-state index in [0.29, 0.717) is 23.9 Å². The number of unbranched alkanes of at least 4 members (excludes halogenated alkanes) is 5. The molecular weight excluding hydrogens is 372 g/mol. The van der Waals surface area contributed by atoms with Crippen LogP contribution in [0.15, 0.2) is 36.7 Å². The fourth-order valence-corrected chi connectivity index (χ4v) is 3.87. The first-order valence-electron chi connectivity index (χ1n) is 11.8. The topological polar surface area (TPSA) is 52.1 Å². The number of hydrogen-bond donors (Lipinski definition) is 0. The van der Waals surface area contributed by atoms with Gasteiger partial charge in [-0.15, -0.1) is 0 Å². The molecule has 2 rings (SSSR count). The van der Waals surface area contributed by atoms with E-state index >= 15 is 0 Å². The zero-order valence-corrected chi connectivity index (χ0v) is 19.0. The molecule has 0 saturated carbocycles. The minimum Gasteiger partial charge on any atom is -0.423 e. The van der Waals surface area contributed by atoms with Crippen LogP contribution < -0.4 is 4.74 Å². The third-order valence-corrected chi connectivity index (χ3v) is 5.53. The summed E-state index contributed by atoms with van der Waals surface area (Å²) in [5.41, 5.74) is 2.41. The second-order valence-corrected chi connectivity index (χ2v) is 8.10. The molecule has 0 amide bonds. The number of carbonyl (C=O) groups excluding carboxylic acids is 1. The average molecular weight is 411 g/mol. The Bertz CT molecular complexity index is 743. The van der Waals surface area contributed by atoms with E-state index in [0.717, 1.165) is 24.8 Å². The van der Waals surface area contributed by atoms with Crippen LogP contribution >= 0.6 is 0 Å². The molecule has 0 bridgehead atoms. The van der Waals surface area contributed by atoms with Crippen molar-refractivity contribution in [2.24, 2.45) is 0 Å². The van der Waals surface area contributed by atoms with E-state index in [1.54, 1.807) is 12.4 Å². The van der Waals surface area contributed by atoms with Crippen molar-refractivity contribution in [2.75, 3.05) is 0 Å². The van der Waals surface area contributed by atoms with E-state index in [9.17, 15) is 4.79 Å². The van der Waals surface area contributed by atoms with Crippen molar-refractivity contribution >= 4 is 5.97 Å². The molecule has 0 aliphatic carbocycles. The van der Waals surface area contributed by atoms with Gasteiger partial charge in [0.15, 0.2) is 11.6 Å². The predicted molar refractivity (Wildman–Crippen MR) is 124 cm³/mol. The number of esters is 1. The molecule has 164 valence electrons. The van der Waals surface area contributed by atoms with E-state index in [4.69, 9.17) is 4.74 Å². The summed E-state index contributed by atoms with van der Waals surface area (Å²) in [6.07, 6.45) is 15.2. The van der Waals surface area contributed by atoms with Gasteiger partial charge in [-0.25, -0.2) is 9.97 Å². The van der Waals surface area contributed by atoms with E-state index < -0.39 is 0 Å². The van der Waals surface area contributed by atoms with Gasteiger partial charge in [0.2, 0.25) is 0 Å². The molecular formula is C26H38N2O2. The normalized spacial score (nSPS) is 12.0. The first-order chi connectivity index (χ1) is 14.7. The Labute approximate surface area is 182 Å². The monoisotopic (exact) mass is 410 g/mol. The largest absolute Gasteiger partial charge is 0.423 e. The summed E-state index contributed by atoms with van der Waals surface area (Å²) in [5.74, 6) is 1.44. The van der Waals surface area contributed by atoms with Gasteiger partial charge in [-0.2, -0.15) is 0 Å². The van der Waals surface area contributed by atoms with E-state index in [1.165, 1.54) is 50.5 Å². The molecule has 1 unspecified atom stereocenters. The lowest BCUT2D eigenvalue weighted by molar-refractivity contribution is -0.134. The molecule has 1 aromatic carbocycles. The molecule has 0 fully saturated rings. The molecule has 0 N–H and O–H groups in total. The van der Waals surface area contributed by atoms with Crippen molar-refractivity contribution in [2.45, 2.75) is 97.3 Å². The van der Waals surface area contributed by atoms with Gasteiger partial charge in [0.05, 0.1) is 12.4 Å². The second-order valence-electron chi connectivity index (χ2n) is 8.10. The summed E-state index contributed by atoms with van der Waals surface area (Å²) in [5, 5.41) is 0. The van der Waals surface area contributed by atoms with Crippen molar-refractivity contribution in [1.82, 2.24) is 9.97 Å². The number of rotatable bonds is 14. The Morgan fingerprint density at radius 1 is 0.867 bits per heavy atom. The molecule has 0 spiro atoms. The van der Waals surface area contributed by atoms with Gasteiger partial charge in [-0.3, -0.25) is 4.79 Å². The van der Waals surface area contributed by atoms with Gasteiger partial charge < -0.3 is 4.74 Å². The van der Waals surface area contributed by atoms with E-state index in [2.05, 4.69) is 48.9 Å². The molecule has 30 heavy (non-hydrogen) atoms. The zero-order valence-electron chi connectivity index (χ0n) is 19.0. The van der Waals surface area contributed by atoms with Crippen LogP contribution in [0.2, 0.25) is 0 Å². The first kappa shape index (κ1) is 24.0. The Morgan fingerprint density at radius 3 is 2.27 bits per heavy atom. The highest BCUT2D eigenvalue weighted by Crippen LogP contribution is 2.33. The van der Waals surface area contributed by atoms with Gasteiger partial charge in [0.1, 0.15) is 0 Å². The van der Waals surface area contributed by atoms with Crippen LogP contribution in [-0.2, 0) is 4.79 Å². The molecule has 1 aromatic heterocycles. The number of carbonyl (C=O) groups is 1. The predicted octanol–water partition coefficient (Wildman–Crippen LogP) is 7.48. The maximum atomic E-state index is 12.0. The number of nitrogens with zero attached hydrogens (tertiary/aromatic N) is 2. The molecule has 0 aliphatic heterocycles. The third kappa shape index (κ3) is 7.89. The first-order valence-corrected chi connectivity index (χ1v) is 11.8. The van der Waals surface area contributed by atoms with Crippen molar-refractivity contribution in [1.29, 1.82) is 0 Å². The summed E-state index contributed by atoms with van der Waals surface area (Å²) < 4.78 is 5.42. The molecule has 0 radical (unpaired) electrons. The quantitative estimate of drug-likeness (QED) is 0.239. The Kier molecular flexibility index (Phi) is 11.1. The maximum Gasteiger partial charge on any atom is 0.311 e. The Balaban J connectivity index is 2.03. The van der Waals surface area contributed by atoms with Crippen LogP contribution in [0.3, 0.4) is 0 Å². The van der Waals surface area contributed by atoms with Crippen LogP contribution in [0.1, 0.15) is 103 Å². The minimum absolute atomic E-state index is 0.203. The molecule has 0 aliphatic rings. The molecule has 2 aromatic rings. The van der Waals surface area contributed by atoms with Crippen LogP contribution in [0.25, 0.3) is 11.4 Å². The summed E-state index contributed by atoms with van der Waals surface area (Å²) >= 11 is 0. The summed E-state index contributed by atoms with van der Waals surface area (Å²) in [4.78, 5) is 21.1. The molecule has 1 heterocycles. The van der Waals surface area contributed by atoms with Gasteiger partial charge in [0.25, 0.3) is 0 Å². The fourth-order valence-electron chi connectivity index (χ4n) is 3.87. The smallest absolute Gasteiger partial charge is 0.311 e. The highest BCUT2D eigenvalue weighted by atomic mass is 16.5. The van der Waals surface area contributed by atoms with Crippen LogP contribution in [0.5, 0.6) is 5.75 Å². The summed E-state index contributed by atoms with van der Waals surface area (Å²) in [7, 11) is 0. The molecule has 1 atom stereocenters. The van der Waals surface area contributed by atoms with Crippen molar-refractivity contribution in [3.05, 3.63) is 42.2 Å². The van der Waals surface area contributed by atoms with E-state index in [1.807, 2.05) is 6.07 Å². The van der Waals surface area contributed by atoms with E-state index in [-0.39, 0.29) is 5.97 Å². The lowest BCUT2D eigenvalue weighted by Crippen LogP contribution is -2.08. The van der Waals surface area contributed by atoms with Crippen molar-refractivity contribution < 1.29 is 9.53 Å². The highest BCUT2D eigenvalue weighted by molar-refractivity contribution is 5.72. The minimum atomic E-state index is -0.203. The Morgan fingerprint density at radius 2 is 1.57 bits per heavy atom. The van der Waals surface area contributed by atoms with Crippen molar-refractivity contribution in [3.8, 4) is 17.1 Å². The zero-order chi connectivity index (χ0) is 21.6.